The Kier molecular flexibility index (Phi) is 6.71. The third-order valence-electron chi connectivity index (χ3n) is 3.15. The molecule has 0 bridgehead atoms. The molecule has 0 radical (unpaired) electrons. The van der Waals surface area contributed by atoms with Gasteiger partial charge in [-0.1, -0.05) is 6.07 Å². The number of rotatable bonds is 8. The predicted octanol–water partition coefficient (Wildman–Crippen LogP) is 2.69. The minimum Gasteiger partial charge on any atom is -0.490 e. The van der Waals surface area contributed by atoms with E-state index in [2.05, 4.69) is 5.32 Å². The number of nitriles is 1. The van der Waals surface area contributed by atoms with Crippen molar-refractivity contribution in [2.45, 2.75) is 34.1 Å². The quantitative estimate of drug-likeness (QED) is 0.801. The van der Waals surface area contributed by atoms with Gasteiger partial charge in [-0.2, -0.15) is 5.26 Å². The fourth-order valence-electron chi connectivity index (χ4n) is 1.84. The lowest BCUT2D eigenvalue weighted by molar-refractivity contribution is -0.126. The second kappa shape index (κ2) is 8.28. The summed E-state index contributed by atoms with van der Waals surface area (Å²) in [5.74, 6) is 1.18. The Balaban J connectivity index is 2.65. The molecule has 1 amide bonds. The van der Waals surface area contributed by atoms with E-state index in [0.29, 0.717) is 31.9 Å². The molecule has 0 unspecified atom stereocenters. The summed E-state index contributed by atoms with van der Waals surface area (Å²) in [6.45, 7) is 8.68. The lowest BCUT2D eigenvalue weighted by Gasteiger charge is -2.15. The zero-order valence-electron chi connectivity index (χ0n) is 13.7. The Labute approximate surface area is 132 Å². The van der Waals surface area contributed by atoms with Gasteiger partial charge in [0.25, 0.3) is 0 Å². The van der Waals surface area contributed by atoms with Crippen LogP contribution in [0.3, 0.4) is 0 Å². The molecular formula is C17H24N2O3. The molecule has 5 heteroatoms. The molecule has 0 aliphatic heterocycles. The molecule has 22 heavy (non-hydrogen) atoms. The molecule has 0 aromatic heterocycles. The number of nitrogens with one attached hydrogen (secondary N) is 1. The van der Waals surface area contributed by atoms with Crippen molar-refractivity contribution in [1.29, 1.82) is 5.26 Å². The fourth-order valence-corrected chi connectivity index (χ4v) is 1.84. The number of amides is 1. The van der Waals surface area contributed by atoms with Crippen molar-refractivity contribution in [3.8, 4) is 17.6 Å². The zero-order chi connectivity index (χ0) is 16.6. The van der Waals surface area contributed by atoms with E-state index in [1.54, 1.807) is 13.8 Å². The summed E-state index contributed by atoms with van der Waals surface area (Å²) in [7, 11) is 0. The van der Waals surface area contributed by atoms with Crippen LogP contribution in [-0.2, 0) is 11.2 Å². The highest BCUT2D eigenvalue weighted by Crippen LogP contribution is 2.28. The van der Waals surface area contributed by atoms with Crippen LogP contribution in [-0.4, -0.2) is 25.7 Å². The van der Waals surface area contributed by atoms with E-state index >= 15 is 0 Å². The molecule has 0 saturated carbocycles. The standard InChI is InChI=1S/C17H24N2O3/c1-5-21-14-8-7-13(11-15(14)22-6-2)9-10-19-16(20)17(3,4)12-18/h7-8,11H,5-6,9-10H2,1-4H3,(H,19,20). The predicted molar refractivity (Wildman–Crippen MR) is 84.9 cm³/mol. The van der Waals surface area contributed by atoms with Gasteiger partial charge in [-0.05, 0) is 51.8 Å². The smallest absolute Gasteiger partial charge is 0.239 e. The fraction of sp³-hybridized carbons (Fsp3) is 0.529. The maximum Gasteiger partial charge on any atom is 0.239 e. The topological polar surface area (TPSA) is 71.3 Å². The van der Waals surface area contributed by atoms with Crippen molar-refractivity contribution in [2.24, 2.45) is 5.41 Å². The van der Waals surface area contributed by atoms with Gasteiger partial charge in [0.1, 0.15) is 5.41 Å². The highest BCUT2D eigenvalue weighted by molar-refractivity contribution is 5.84. The molecule has 0 heterocycles. The lowest BCUT2D eigenvalue weighted by Crippen LogP contribution is -2.36. The summed E-state index contributed by atoms with van der Waals surface area (Å²) in [4.78, 5) is 11.8. The second-order valence-corrected chi connectivity index (χ2v) is 5.39. The molecule has 0 atom stereocenters. The van der Waals surface area contributed by atoms with Gasteiger partial charge in [0, 0.05) is 6.54 Å². The number of ether oxygens (including phenoxy) is 2. The summed E-state index contributed by atoms with van der Waals surface area (Å²) in [6.07, 6.45) is 0.666. The Bertz CT molecular complexity index is 547. The highest BCUT2D eigenvalue weighted by atomic mass is 16.5. The van der Waals surface area contributed by atoms with Crippen molar-refractivity contribution in [1.82, 2.24) is 5.32 Å². The Morgan fingerprint density at radius 3 is 2.45 bits per heavy atom. The largest absolute Gasteiger partial charge is 0.490 e. The van der Waals surface area contributed by atoms with E-state index in [9.17, 15) is 4.79 Å². The first-order chi connectivity index (χ1) is 10.4. The van der Waals surface area contributed by atoms with Crippen LogP contribution in [0.25, 0.3) is 0 Å². The average molecular weight is 304 g/mol. The molecule has 0 fully saturated rings. The van der Waals surface area contributed by atoms with Gasteiger partial charge >= 0.3 is 0 Å². The number of carbonyl (C=O) groups excluding carboxylic acids is 1. The summed E-state index contributed by atoms with van der Waals surface area (Å²) in [5.41, 5.74) is 0.0388. The molecule has 0 aliphatic rings. The van der Waals surface area contributed by atoms with E-state index in [0.717, 1.165) is 11.3 Å². The SMILES string of the molecule is CCOc1ccc(CCNC(=O)C(C)(C)C#N)cc1OCC. The van der Waals surface area contributed by atoms with Gasteiger partial charge in [-0.25, -0.2) is 0 Å². The molecule has 1 N–H and O–H groups in total. The minimum atomic E-state index is -1.00. The molecular weight excluding hydrogens is 280 g/mol. The van der Waals surface area contributed by atoms with Gasteiger partial charge in [0.05, 0.1) is 19.3 Å². The third-order valence-corrected chi connectivity index (χ3v) is 3.15. The van der Waals surface area contributed by atoms with Crippen molar-refractivity contribution in [3.63, 3.8) is 0 Å². The molecule has 1 aromatic carbocycles. The maximum absolute atomic E-state index is 11.8. The van der Waals surface area contributed by atoms with Gasteiger partial charge in [0.15, 0.2) is 11.5 Å². The number of hydrogen-bond acceptors (Lipinski definition) is 4. The monoisotopic (exact) mass is 304 g/mol. The van der Waals surface area contributed by atoms with Crippen molar-refractivity contribution < 1.29 is 14.3 Å². The molecule has 5 nitrogen and oxygen atoms in total. The highest BCUT2D eigenvalue weighted by Gasteiger charge is 2.26. The summed E-state index contributed by atoms with van der Waals surface area (Å²) < 4.78 is 11.1. The Morgan fingerprint density at radius 2 is 1.86 bits per heavy atom. The van der Waals surface area contributed by atoms with Crippen molar-refractivity contribution in [3.05, 3.63) is 23.8 Å². The zero-order valence-corrected chi connectivity index (χ0v) is 13.7. The van der Waals surface area contributed by atoms with Gasteiger partial charge in [-0.3, -0.25) is 4.79 Å². The number of benzene rings is 1. The van der Waals surface area contributed by atoms with Gasteiger partial charge in [-0.15, -0.1) is 0 Å². The van der Waals surface area contributed by atoms with Crippen molar-refractivity contribution in [2.75, 3.05) is 19.8 Å². The van der Waals surface area contributed by atoms with Crippen LogP contribution in [0.5, 0.6) is 11.5 Å². The number of hydrogen-bond donors (Lipinski definition) is 1. The average Bonchev–Trinajstić information content (AvgIpc) is 2.50. The van der Waals surface area contributed by atoms with E-state index in [1.807, 2.05) is 38.1 Å². The number of nitrogens with zero attached hydrogens (tertiary/aromatic N) is 1. The van der Waals surface area contributed by atoms with E-state index in [4.69, 9.17) is 14.7 Å². The van der Waals surface area contributed by atoms with Crippen molar-refractivity contribution >= 4 is 5.91 Å². The Morgan fingerprint density at radius 1 is 1.23 bits per heavy atom. The van der Waals surface area contributed by atoms with E-state index in [-0.39, 0.29) is 5.91 Å². The first-order valence-corrected chi connectivity index (χ1v) is 7.52. The van der Waals surface area contributed by atoms with Crippen LogP contribution < -0.4 is 14.8 Å². The van der Waals surface area contributed by atoms with E-state index < -0.39 is 5.41 Å². The van der Waals surface area contributed by atoms with Crippen LogP contribution in [0.15, 0.2) is 18.2 Å². The first-order valence-electron chi connectivity index (χ1n) is 7.52. The molecule has 120 valence electrons. The van der Waals surface area contributed by atoms with Gasteiger partial charge in [0.2, 0.25) is 5.91 Å². The lowest BCUT2D eigenvalue weighted by atomic mass is 9.95. The van der Waals surface area contributed by atoms with E-state index in [1.165, 1.54) is 0 Å². The second-order valence-electron chi connectivity index (χ2n) is 5.39. The molecule has 1 aromatic rings. The molecule has 0 aliphatic carbocycles. The van der Waals surface area contributed by atoms with Crippen LogP contribution in [0, 0.1) is 16.7 Å². The third kappa shape index (κ3) is 4.96. The van der Waals surface area contributed by atoms with Crippen LogP contribution in [0.1, 0.15) is 33.3 Å². The maximum atomic E-state index is 11.8. The summed E-state index contributed by atoms with van der Waals surface area (Å²) in [5, 5.41) is 11.7. The molecule has 0 saturated heterocycles. The first kappa shape index (κ1) is 17.8. The summed E-state index contributed by atoms with van der Waals surface area (Å²) >= 11 is 0. The van der Waals surface area contributed by atoms with Crippen LogP contribution in [0.4, 0.5) is 0 Å². The molecule has 1 rings (SSSR count). The normalized spacial score (nSPS) is 10.7. The molecule has 0 spiro atoms. The Hall–Kier alpha value is -2.22. The summed E-state index contributed by atoms with van der Waals surface area (Å²) in [6, 6.07) is 7.75. The van der Waals surface area contributed by atoms with Gasteiger partial charge < -0.3 is 14.8 Å². The van der Waals surface area contributed by atoms with Crippen LogP contribution >= 0.6 is 0 Å². The van der Waals surface area contributed by atoms with Crippen LogP contribution in [0.2, 0.25) is 0 Å². The minimum absolute atomic E-state index is 0.258. The number of carbonyl (C=O) groups is 1.